The Kier molecular flexibility index (Phi) is 4.17. The van der Waals surface area contributed by atoms with E-state index in [1.54, 1.807) is 0 Å². The van der Waals surface area contributed by atoms with Gasteiger partial charge in [-0.25, -0.2) is 4.79 Å². The van der Waals surface area contributed by atoms with Crippen molar-refractivity contribution in [1.29, 1.82) is 0 Å². The van der Waals surface area contributed by atoms with Gasteiger partial charge < -0.3 is 9.67 Å². The third-order valence-corrected chi connectivity index (χ3v) is 3.98. The third kappa shape index (κ3) is 2.21. The van der Waals surface area contributed by atoms with Gasteiger partial charge in [-0.05, 0) is 37.8 Å². The van der Waals surface area contributed by atoms with Crippen molar-refractivity contribution in [2.45, 2.75) is 53.5 Å². The van der Waals surface area contributed by atoms with Crippen LogP contribution in [0.3, 0.4) is 0 Å². The summed E-state index contributed by atoms with van der Waals surface area (Å²) < 4.78 is 2.19. The molecule has 0 aliphatic rings. The molecule has 0 aliphatic carbocycles. The van der Waals surface area contributed by atoms with Crippen LogP contribution >= 0.6 is 0 Å². The van der Waals surface area contributed by atoms with Crippen LogP contribution < -0.4 is 0 Å². The standard InChI is InChI=1S/C17H23NO2/c1-5-7-13-12(4)18(10-6-2)16-14(13)9-8-11(3)15(16)17(19)20/h8-9H,5-7,10H2,1-4H3,(H,19,20). The Hall–Kier alpha value is -1.77. The van der Waals surface area contributed by atoms with Crippen LogP contribution in [0.4, 0.5) is 0 Å². The molecule has 0 unspecified atom stereocenters. The number of carbonyl (C=O) groups is 1. The summed E-state index contributed by atoms with van der Waals surface area (Å²) in [6, 6.07) is 4.02. The highest BCUT2D eigenvalue weighted by molar-refractivity contribution is 6.05. The minimum absolute atomic E-state index is 0.460. The number of carboxylic acid groups (broad SMARTS) is 1. The molecule has 1 aromatic carbocycles. The molecule has 0 fully saturated rings. The highest BCUT2D eigenvalue weighted by atomic mass is 16.4. The Balaban J connectivity index is 2.89. The van der Waals surface area contributed by atoms with Gasteiger partial charge >= 0.3 is 5.97 Å². The average molecular weight is 273 g/mol. The number of nitrogens with zero attached hydrogens (tertiary/aromatic N) is 1. The first-order chi connectivity index (χ1) is 9.52. The van der Waals surface area contributed by atoms with Crippen LogP contribution in [0, 0.1) is 13.8 Å². The summed E-state index contributed by atoms with van der Waals surface area (Å²) >= 11 is 0. The molecule has 0 saturated heterocycles. The number of hydrogen-bond donors (Lipinski definition) is 1. The molecule has 0 atom stereocenters. The Morgan fingerprint density at radius 2 is 1.90 bits per heavy atom. The fraction of sp³-hybridized carbons (Fsp3) is 0.471. The van der Waals surface area contributed by atoms with Crippen molar-refractivity contribution in [3.05, 3.63) is 34.5 Å². The molecular formula is C17H23NO2. The van der Waals surface area contributed by atoms with E-state index in [0.29, 0.717) is 5.56 Å². The van der Waals surface area contributed by atoms with Crippen molar-refractivity contribution in [3.8, 4) is 0 Å². The number of carboxylic acids is 1. The molecule has 0 saturated carbocycles. The summed E-state index contributed by atoms with van der Waals surface area (Å²) in [4.78, 5) is 11.7. The molecule has 1 N–H and O–H groups in total. The summed E-state index contributed by atoms with van der Waals surface area (Å²) in [6.45, 7) is 9.15. The second-order valence-corrected chi connectivity index (χ2v) is 5.42. The zero-order valence-electron chi connectivity index (χ0n) is 12.8. The zero-order valence-corrected chi connectivity index (χ0v) is 12.8. The number of aromatic carboxylic acids is 1. The van der Waals surface area contributed by atoms with E-state index in [2.05, 4.69) is 31.4 Å². The van der Waals surface area contributed by atoms with Crippen molar-refractivity contribution in [1.82, 2.24) is 4.57 Å². The number of rotatable bonds is 5. The van der Waals surface area contributed by atoms with Crippen molar-refractivity contribution < 1.29 is 9.90 Å². The predicted molar refractivity (Wildman–Crippen MR) is 82.7 cm³/mol. The van der Waals surface area contributed by atoms with Crippen LogP contribution in [0.2, 0.25) is 0 Å². The SMILES string of the molecule is CCCc1c(C)n(CCC)c2c(C(=O)O)c(C)ccc12. The lowest BCUT2D eigenvalue weighted by Crippen LogP contribution is -2.06. The second kappa shape index (κ2) is 5.70. The molecule has 0 spiro atoms. The third-order valence-electron chi connectivity index (χ3n) is 3.98. The van der Waals surface area contributed by atoms with Gasteiger partial charge in [-0.2, -0.15) is 0 Å². The topological polar surface area (TPSA) is 42.2 Å². The molecule has 0 bridgehead atoms. The van der Waals surface area contributed by atoms with E-state index in [0.717, 1.165) is 42.3 Å². The molecule has 3 heteroatoms. The van der Waals surface area contributed by atoms with E-state index in [1.807, 2.05) is 13.0 Å². The van der Waals surface area contributed by atoms with Crippen LogP contribution in [0.25, 0.3) is 10.9 Å². The van der Waals surface area contributed by atoms with Crippen LogP contribution in [-0.2, 0) is 13.0 Å². The number of benzene rings is 1. The molecule has 0 radical (unpaired) electrons. The van der Waals surface area contributed by atoms with Crippen molar-refractivity contribution >= 4 is 16.9 Å². The lowest BCUT2D eigenvalue weighted by atomic mass is 10.0. The molecule has 1 aromatic heterocycles. The number of aryl methyl sites for hydroxylation is 3. The minimum Gasteiger partial charge on any atom is -0.478 e. The summed E-state index contributed by atoms with van der Waals surface area (Å²) in [5.41, 5.74) is 4.72. The van der Waals surface area contributed by atoms with Crippen LogP contribution in [-0.4, -0.2) is 15.6 Å². The Labute approximate surface area is 120 Å². The first-order valence-corrected chi connectivity index (χ1v) is 7.37. The van der Waals surface area contributed by atoms with E-state index in [-0.39, 0.29) is 0 Å². The molecule has 2 aromatic rings. The van der Waals surface area contributed by atoms with Crippen molar-refractivity contribution in [3.63, 3.8) is 0 Å². The fourth-order valence-corrected chi connectivity index (χ4v) is 3.08. The molecule has 108 valence electrons. The summed E-state index contributed by atoms with van der Waals surface area (Å²) in [5.74, 6) is -0.828. The van der Waals surface area contributed by atoms with Gasteiger partial charge in [0.25, 0.3) is 0 Å². The smallest absolute Gasteiger partial charge is 0.338 e. The van der Waals surface area contributed by atoms with E-state index in [9.17, 15) is 9.90 Å². The van der Waals surface area contributed by atoms with Crippen LogP contribution in [0.15, 0.2) is 12.1 Å². The molecule has 20 heavy (non-hydrogen) atoms. The average Bonchev–Trinajstić information content (AvgIpc) is 2.65. The quantitative estimate of drug-likeness (QED) is 0.881. The molecule has 2 rings (SSSR count). The van der Waals surface area contributed by atoms with Crippen molar-refractivity contribution in [2.24, 2.45) is 0 Å². The Bertz CT molecular complexity index is 653. The maximum absolute atomic E-state index is 11.7. The monoisotopic (exact) mass is 273 g/mol. The lowest BCUT2D eigenvalue weighted by molar-refractivity contribution is 0.0698. The van der Waals surface area contributed by atoms with Gasteiger partial charge in [0.1, 0.15) is 0 Å². The van der Waals surface area contributed by atoms with Gasteiger partial charge in [0.15, 0.2) is 0 Å². The molecule has 0 aliphatic heterocycles. The van der Waals surface area contributed by atoms with Gasteiger partial charge in [0.05, 0.1) is 11.1 Å². The van der Waals surface area contributed by atoms with Gasteiger partial charge in [-0.15, -0.1) is 0 Å². The summed E-state index contributed by atoms with van der Waals surface area (Å²) in [5, 5.41) is 10.7. The first kappa shape index (κ1) is 14.6. The van der Waals surface area contributed by atoms with E-state index < -0.39 is 5.97 Å². The second-order valence-electron chi connectivity index (χ2n) is 5.42. The molecular weight excluding hydrogens is 250 g/mol. The maximum Gasteiger partial charge on any atom is 0.338 e. The number of hydrogen-bond acceptors (Lipinski definition) is 1. The molecule has 3 nitrogen and oxygen atoms in total. The Morgan fingerprint density at radius 1 is 1.20 bits per heavy atom. The predicted octanol–water partition coefficient (Wildman–Crippen LogP) is 4.32. The lowest BCUT2D eigenvalue weighted by Gasteiger charge is -2.10. The van der Waals surface area contributed by atoms with Crippen molar-refractivity contribution in [2.75, 3.05) is 0 Å². The normalized spacial score (nSPS) is 11.2. The highest BCUT2D eigenvalue weighted by Crippen LogP contribution is 2.31. The first-order valence-electron chi connectivity index (χ1n) is 7.37. The van der Waals surface area contributed by atoms with Crippen LogP contribution in [0.1, 0.15) is 53.9 Å². The van der Waals surface area contributed by atoms with Crippen LogP contribution in [0.5, 0.6) is 0 Å². The largest absolute Gasteiger partial charge is 0.478 e. The summed E-state index contributed by atoms with van der Waals surface area (Å²) in [7, 11) is 0. The number of fused-ring (bicyclic) bond motifs is 1. The Morgan fingerprint density at radius 3 is 2.45 bits per heavy atom. The van der Waals surface area contributed by atoms with Gasteiger partial charge in [0.2, 0.25) is 0 Å². The molecule has 0 amide bonds. The van der Waals surface area contributed by atoms with E-state index in [1.165, 1.54) is 11.3 Å². The summed E-state index contributed by atoms with van der Waals surface area (Å²) in [6.07, 6.45) is 3.08. The van der Waals surface area contributed by atoms with Gasteiger partial charge in [-0.1, -0.05) is 32.4 Å². The minimum atomic E-state index is -0.828. The maximum atomic E-state index is 11.7. The highest BCUT2D eigenvalue weighted by Gasteiger charge is 2.20. The number of aromatic nitrogens is 1. The van der Waals surface area contributed by atoms with E-state index in [4.69, 9.17) is 0 Å². The zero-order chi connectivity index (χ0) is 14.9. The van der Waals surface area contributed by atoms with Gasteiger partial charge in [-0.3, -0.25) is 0 Å². The van der Waals surface area contributed by atoms with Gasteiger partial charge in [0, 0.05) is 17.6 Å². The van der Waals surface area contributed by atoms with E-state index >= 15 is 0 Å². The fourth-order valence-electron chi connectivity index (χ4n) is 3.08. The molecule has 1 heterocycles.